The van der Waals surface area contributed by atoms with Gasteiger partial charge in [0.25, 0.3) is 0 Å². The normalized spacial score (nSPS) is 11.6. The van der Waals surface area contributed by atoms with Crippen LogP contribution in [0.4, 0.5) is 13.2 Å². The second-order valence-corrected chi connectivity index (χ2v) is 5.18. The molecular weight excluding hydrogens is 321 g/mol. The number of pyridine rings is 2. The van der Waals surface area contributed by atoms with E-state index in [-0.39, 0.29) is 6.42 Å². The van der Waals surface area contributed by atoms with Gasteiger partial charge >= 0.3 is 12.1 Å². The Labute approximate surface area is 134 Å². The van der Waals surface area contributed by atoms with Crippen LogP contribution in [0.5, 0.6) is 0 Å². The van der Waals surface area contributed by atoms with Crippen LogP contribution in [-0.2, 0) is 17.4 Å². The molecular formula is C17H11F3N2O2. The van der Waals surface area contributed by atoms with E-state index in [2.05, 4.69) is 9.97 Å². The second kappa shape index (κ2) is 5.92. The van der Waals surface area contributed by atoms with Crippen LogP contribution in [0.15, 0.2) is 48.7 Å². The Hall–Kier alpha value is -2.96. The molecule has 3 rings (SSSR count). The van der Waals surface area contributed by atoms with E-state index in [0.29, 0.717) is 27.9 Å². The van der Waals surface area contributed by atoms with Crippen molar-refractivity contribution in [1.82, 2.24) is 9.97 Å². The molecule has 0 bridgehead atoms. The Morgan fingerprint density at radius 3 is 2.62 bits per heavy atom. The lowest BCUT2D eigenvalue weighted by atomic mass is 10.0. The number of benzene rings is 1. The molecule has 3 aromatic rings. The number of alkyl halides is 3. The molecule has 0 aliphatic carbocycles. The minimum atomic E-state index is -4.44. The lowest BCUT2D eigenvalue weighted by Crippen LogP contribution is -2.05. The van der Waals surface area contributed by atoms with Gasteiger partial charge in [-0.2, -0.15) is 13.2 Å². The summed E-state index contributed by atoms with van der Waals surface area (Å²) in [6.45, 7) is 0. The smallest absolute Gasteiger partial charge is 0.416 e. The van der Waals surface area contributed by atoms with Crippen LogP contribution in [0.2, 0.25) is 0 Å². The maximum Gasteiger partial charge on any atom is 0.416 e. The first-order valence-corrected chi connectivity index (χ1v) is 6.98. The summed E-state index contributed by atoms with van der Waals surface area (Å²) in [6, 6.07) is 9.63. The fourth-order valence-electron chi connectivity index (χ4n) is 2.42. The first kappa shape index (κ1) is 15.9. The average molecular weight is 332 g/mol. The van der Waals surface area contributed by atoms with E-state index < -0.39 is 17.7 Å². The number of hydrogen-bond donors (Lipinski definition) is 1. The van der Waals surface area contributed by atoms with Crippen LogP contribution < -0.4 is 0 Å². The van der Waals surface area contributed by atoms with Crippen molar-refractivity contribution in [3.63, 3.8) is 0 Å². The molecule has 2 heterocycles. The zero-order chi connectivity index (χ0) is 17.3. The SMILES string of the molecule is O=C(O)Cc1ccc2nccc(-c3cccc(C(F)(F)F)c3)c2n1. The largest absolute Gasteiger partial charge is 0.481 e. The third-order valence-electron chi connectivity index (χ3n) is 3.47. The molecule has 0 radical (unpaired) electrons. The highest BCUT2D eigenvalue weighted by Crippen LogP contribution is 2.33. The lowest BCUT2D eigenvalue weighted by molar-refractivity contribution is -0.138. The average Bonchev–Trinajstić information content (AvgIpc) is 2.53. The van der Waals surface area contributed by atoms with Gasteiger partial charge in [0, 0.05) is 11.8 Å². The van der Waals surface area contributed by atoms with Gasteiger partial charge in [-0.15, -0.1) is 0 Å². The van der Waals surface area contributed by atoms with Crippen LogP contribution in [0.3, 0.4) is 0 Å². The Bertz CT molecular complexity index is 923. The van der Waals surface area contributed by atoms with Crippen molar-refractivity contribution in [3.05, 3.63) is 59.9 Å². The maximum absolute atomic E-state index is 12.9. The zero-order valence-electron chi connectivity index (χ0n) is 12.2. The topological polar surface area (TPSA) is 63.1 Å². The van der Waals surface area contributed by atoms with Gasteiger partial charge in [0.2, 0.25) is 0 Å². The number of carboxylic acid groups (broad SMARTS) is 1. The predicted molar refractivity (Wildman–Crippen MR) is 81.3 cm³/mol. The van der Waals surface area contributed by atoms with Crippen LogP contribution in [0.25, 0.3) is 22.2 Å². The number of hydrogen-bond acceptors (Lipinski definition) is 3. The molecule has 0 amide bonds. The number of rotatable bonds is 3. The molecule has 4 nitrogen and oxygen atoms in total. The highest BCUT2D eigenvalue weighted by atomic mass is 19.4. The van der Waals surface area contributed by atoms with Gasteiger partial charge in [-0.1, -0.05) is 12.1 Å². The van der Waals surface area contributed by atoms with Crippen LogP contribution >= 0.6 is 0 Å². The summed E-state index contributed by atoms with van der Waals surface area (Å²) in [7, 11) is 0. The van der Waals surface area contributed by atoms with Crippen molar-refractivity contribution < 1.29 is 23.1 Å². The first-order chi connectivity index (χ1) is 11.3. The third kappa shape index (κ3) is 3.19. The Morgan fingerprint density at radius 1 is 1.12 bits per heavy atom. The van der Waals surface area contributed by atoms with Gasteiger partial charge in [-0.25, -0.2) is 4.98 Å². The van der Waals surface area contributed by atoms with Gasteiger partial charge < -0.3 is 5.11 Å². The fraction of sp³-hybridized carbons (Fsp3) is 0.118. The highest BCUT2D eigenvalue weighted by molar-refractivity contribution is 5.91. The van der Waals surface area contributed by atoms with Crippen molar-refractivity contribution >= 4 is 17.0 Å². The standard InChI is InChI=1S/C17H11F3N2O2/c18-17(19,20)11-3-1-2-10(8-11)13-6-7-21-14-5-4-12(9-15(23)24)22-16(13)14/h1-8H,9H2,(H,23,24). The molecule has 122 valence electrons. The molecule has 1 N–H and O–H groups in total. The van der Waals surface area contributed by atoms with Gasteiger partial charge in [0.15, 0.2) is 0 Å². The first-order valence-electron chi connectivity index (χ1n) is 6.98. The molecule has 0 aliphatic heterocycles. The number of aliphatic carboxylic acids is 1. The summed E-state index contributed by atoms with van der Waals surface area (Å²) in [5, 5.41) is 8.87. The quantitative estimate of drug-likeness (QED) is 0.789. The Balaban J connectivity index is 2.17. The Kier molecular flexibility index (Phi) is 3.92. The molecule has 2 aromatic heterocycles. The van der Waals surface area contributed by atoms with Crippen molar-refractivity contribution in [2.24, 2.45) is 0 Å². The van der Waals surface area contributed by atoms with E-state index in [1.165, 1.54) is 12.3 Å². The van der Waals surface area contributed by atoms with Crippen molar-refractivity contribution in [2.75, 3.05) is 0 Å². The summed E-state index contributed by atoms with van der Waals surface area (Å²) in [5.41, 5.74) is 1.23. The van der Waals surface area contributed by atoms with Crippen LogP contribution in [0, 0.1) is 0 Å². The van der Waals surface area contributed by atoms with E-state index >= 15 is 0 Å². The van der Waals surface area contributed by atoms with Crippen molar-refractivity contribution in [1.29, 1.82) is 0 Å². The lowest BCUT2D eigenvalue weighted by Gasteiger charge is -2.10. The van der Waals surface area contributed by atoms with Crippen LogP contribution in [0.1, 0.15) is 11.3 Å². The molecule has 0 atom stereocenters. The molecule has 0 fully saturated rings. The van der Waals surface area contributed by atoms with E-state index in [0.717, 1.165) is 12.1 Å². The van der Waals surface area contributed by atoms with Gasteiger partial charge in [0.1, 0.15) is 0 Å². The zero-order valence-corrected chi connectivity index (χ0v) is 12.2. The van der Waals surface area contributed by atoms with E-state index in [9.17, 15) is 18.0 Å². The van der Waals surface area contributed by atoms with Gasteiger partial charge in [0.05, 0.1) is 28.7 Å². The number of aromatic nitrogens is 2. The number of nitrogens with zero attached hydrogens (tertiary/aromatic N) is 2. The third-order valence-corrected chi connectivity index (χ3v) is 3.47. The van der Waals surface area contributed by atoms with Gasteiger partial charge in [-0.05, 0) is 35.9 Å². The number of carbonyl (C=O) groups is 1. The molecule has 0 spiro atoms. The monoisotopic (exact) mass is 332 g/mol. The van der Waals surface area contributed by atoms with Crippen molar-refractivity contribution in [2.45, 2.75) is 12.6 Å². The number of halogens is 3. The molecule has 0 saturated carbocycles. The van der Waals surface area contributed by atoms with E-state index in [4.69, 9.17) is 5.11 Å². The molecule has 0 aliphatic rings. The number of carboxylic acids is 1. The summed E-state index contributed by atoms with van der Waals surface area (Å²) >= 11 is 0. The molecule has 7 heteroatoms. The molecule has 1 aromatic carbocycles. The summed E-state index contributed by atoms with van der Waals surface area (Å²) < 4.78 is 38.7. The van der Waals surface area contributed by atoms with Crippen LogP contribution in [-0.4, -0.2) is 21.0 Å². The molecule has 0 unspecified atom stereocenters. The minimum absolute atomic E-state index is 0.271. The fourth-order valence-corrected chi connectivity index (χ4v) is 2.42. The molecule has 0 saturated heterocycles. The van der Waals surface area contributed by atoms with E-state index in [1.807, 2.05) is 0 Å². The van der Waals surface area contributed by atoms with E-state index in [1.54, 1.807) is 24.3 Å². The predicted octanol–water partition coefficient (Wildman–Crippen LogP) is 3.94. The Morgan fingerprint density at radius 2 is 1.92 bits per heavy atom. The summed E-state index contributed by atoms with van der Waals surface area (Å²) in [6.07, 6.45) is -3.23. The number of fused-ring (bicyclic) bond motifs is 1. The summed E-state index contributed by atoms with van der Waals surface area (Å²) in [4.78, 5) is 19.2. The maximum atomic E-state index is 12.9. The molecule has 24 heavy (non-hydrogen) atoms. The van der Waals surface area contributed by atoms with Gasteiger partial charge in [-0.3, -0.25) is 9.78 Å². The van der Waals surface area contributed by atoms with Crippen molar-refractivity contribution in [3.8, 4) is 11.1 Å². The minimum Gasteiger partial charge on any atom is -0.481 e. The highest BCUT2D eigenvalue weighted by Gasteiger charge is 2.30. The summed E-state index contributed by atoms with van der Waals surface area (Å²) in [5.74, 6) is -1.04. The second-order valence-electron chi connectivity index (χ2n) is 5.18.